The van der Waals surface area contributed by atoms with E-state index in [-0.39, 0.29) is 0 Å². The molecule has 0 saturated heterocycles. The molecule has 1 fully saturated rings. The Morgan fingerprint density at radius 1 is 1.31 bits per heavy atom. The van der Waals surface area contributed by atoms with Gasteiger partial charge in [-0.15, -0.1) is 0 Å². The van der Waals surface area contributed by atoms with Crippen LogP contribution in [0.5, 0.6) is 0 Å². The SMILES string of the molecule is CCCCOC1CCCC(C)(C)C1NCC. The minimum atomic E-state index is 0.380. The van der Waals surface area contributed by atoms with Gasteiger partial charge >= 0.3 is 0 Å². The molecular weight excluding hydrogens is 198 g/mol. The second-order valence-corrected chi connectivity index (χ2v) is 5.68. The minimum absolute atomic E-state index is 0.380. The van der Waals surface area contributed by atoms with E-state index >= 15 is 0 Å². The van der Waals surface area contributed by atoms with Crippen molar-refractivity contribution in [2.24, 2.45) is 5.41 Å². The van der Waals surface area contributed by atoms with E-state index in [0.29, 0.717) is 17.6 Å². The van der Waals surface area contributed by atoms with Crippen molar-refractivity contribution in [2.75, 3.05) is 13.2 Å². The Kier molecular flexibility index (Phi) is 5.77. The van der Waals surface area contributed by atoms with E-state index in [9.17, 15) is 0 Å². The van der Waals surface area contributed by atoms with E-state index < -0.39 is 0 Å². The summed E-state index contributed by atoms with van der Waals surface area (Å²) in [7, 11) is 0. The molecular formula is C14H29NO. The number of likely N-dealkylation sites (N-methyl/N-ethyl adjacent to an activating group) is 1. The zero-order chi connectivity index (χ0) is 12.0. The Labute approximate surface area is 101 Å². The van der Waals surface area contributed by atoms with Gasteiger partial charge in [0.15, 0.2) is 0 Å². The fourth-order valence-corrected chi connectivity index (χ4v) is 2.77. The van der Waals surface area contributed by atoms with Gasteiger partial charge in [0.05, 0.1) is 6.10 Å². The molecule has 0 aromatic rings. The summed E-state index contributed by atoms with van der Waals surface area (Å²) in [6, 6.07) is 0.531. The molecule has 1 aliphatic rings. The van der Waals surface area contributed by atoms with Gasteiger partial charge in [-0.2, -0.15) is 0 Å². The average molecular weight is 227 g/mol. The van der Waals surface area contributed by atoms with Crippen LogP contribution in [0.4, 0.5) is 0 Å². The van der Waals surface area contributed by atoms with E-state index in [4.69, 9.17) is 4.74 Å². The van der Waals surface area contributed by atoms with Crippen LogP contribution in [0.3, 0.4) is 0 Å². The molecule has 1 N–H and O–H groups in total. The summed E-state index contributed by atoms with van der Waals surface area (Å²) in [6.45, 7) is 11.1. The van der Waals surface area contributed by atoms with E-state index in [1.54, 1.807) is 0 Å². The van der Waals surface area contributed by atoms with Crippen molar-refractivity contribution in [2.45, 2.75) is 71.9 Å². The van der Waals surface area contributed by atoms with Gasteiger partial charge in [-0.25, -0.2) is 0 Å². The van der Waals surface area contributed by atoms with E-state index in [2.05, 4.69) is 33.0 Å². The van der Waals surface area contributed by atoms with Gasteiger partial charge in [-0.05, 0) is 31.2 Å². The molecule has 2 atom stereocenters. The Hall–Kier alpha value is -0.0800. The molecule has 0 heterocycles. The number of nitrogens with one attached hydrogen (secondary N) is 1. The van der Waals surface area contributed by atoms with Gasteiger partial charge in [-0.3, -0.25) is 0 Å². The summed E-state index contributed by atoms with van der Waals surface area (Å²) >= 11 is 0. The van der Waals surface area contributed by atoms with E-state index in [1.807, 2.05) is 0 Å². The van der Waals surface area contributed by atoms with Crippen LogP contribution < -0.4 is 5.32 Å². The smallest absolute Gasteiger partial charge is 0.0733 e. The van der Waals surface area contributed by atoms with Crippen LogP contribution in [-0.4, -0.2) is 25.3 Å². The lowest BCUT2D eigenvalue weighted by Gasteiger charge is -2.44. The van der Waals surface area contributed by atoms with E-state index in [1.165, 1.54) is 32.1 Å². The molecule has 1 rings (SSSR count). The number of hydrogen-bond acceptors (Lipinski definition) is 2. The summed E-state index contributed by atoms with van der Waals surface area (Å²) in [6.07, 6.45) is 6.70. The van der Waals surface area contributed by atoms with Crippen molar-refractivity contribution in [3.05, 3.63) is 0 Å². The fourth-order valence-electron chi connectivity index (χ4n) is 2.77. The van der Waals surface area contributed by atoms with Crippen molar-refractivity contribution in [1.82, 2.24) is 5.32 Å². The molecule has 0 aromatic heterocycles. The highest BCUT2D eigenvalue weighted by Crippen LogP contribution is 2.37. The lowest BCUT2D eigenvalue weighted by Crippen LogP contribution is -2.53. The first-order valence-corrected chi connectivity index (χ1v) is 6.96. The third-order valence-electron chi connectivity index (χ3n) is 3.78. The third kappa shape index (κ3) is 3.74. The summed E-state index contributed by atoms with van der Waals surface area (Å²) in [5, 5.41) is 3.63. The monoisotopic (exact) mass is 227 g/mol. The van der Waals surface area contributed by atoms with Crippen LogP contribution in [0.1, 0.15) is 59.8 Å². The second kappa shape index (κ2) is 6.61. The Bertz CT molecular complexity index is 191. The number of rotatable bonds is 6. The zero-order valence-electron chi connectivity index (χ0n) is 11.5. The van der Waals surface area contributed by atoms with Crippen molar-refractivity contribution < 1.29 is 4.74 Å². The maximum Gasteiger partial charge on any atom is 0.0733 e. The fraction of sp³-hybridized carbons (Fsp3) is 1.00. The Morgan fingerprint density at radius 3 is 2.69 bits per heavy atom. The topological polar surface area (TPSA) is 21.3 Å². The first-order chi connectivity index (χ1) is 7.61. The zero-order valence-corrected chi connectivity index (χ0v) is 11.5. The summed E-state index contributed by atoms with van der Waals surface area (Å²) in [4.78, 5) is 0. The molecule has 0 spiro atoms. The van der Waals surface area contributed by atoms with Crippen molar-refractivity contribution >= 4 is 0 Å². The molecule has 1 aliphatic carbocycles. The average Bonchev–Trinajstić information content (AvgIpc) is 2.23. The van der Waals surface area contributed by atoms with Gasteiger partial charge in [0.1, 0.15) is 0 Å². The Balaban J connectivity index is 2.51. The van der Waals surface area contributed by atoms with Gasteiger partial charge < -0.3 is 10.1 Å². The molecule has 16 heavy (non-hydrogen) atoms. The number of ether oxygens (including phenoxy) is 1. The molecule has 0 aromatic carbocycles. The molecule has 2 unspecified atom stereocenters. The van der Waals surface area contributed by atoms with Crippen LogP contribution in [0, 0.1) is 5.41 Å². The van der Waals surface area contributed by atoms with Gasteiger partial charge in [0.25, 0.3) is 0 Å². The highest BCUT2D eigenvalue weighted by Gasteiger charge is 2.38. The van der Waals surface area contributed by atoms with Crippen molar-refractivity contribution in [3.8, 4) is 0 Å². The van der Waals surface area contributed by atoms with Gasteiger partial charge in [0, 0.05) is 12.6 Å². The molecule has 0 radical (unpaired) electrons. The summed E-state index contributed by atoms with van der Waals surface area (Å²) in [5.74, 6) is 0. The standard InChI is InChI=1S/C14H29NO/c1-5-7-11-16-12-9-8-10-14(3,4)13(12)15-6-2/h12-13,15H,5-11H2,1-4H3. The van der Waals surface area contributed by atoms with Crippen molar-refractivity contribution in [1.29, 1.82) is 0 Å². The molecule has 96 valence electrons. The lowest BCUT2D eigenvalue weighted by atomic mass is 9.71. The number of hydrogen-bond donors (Lipinski definition) is 1. The van der Waals surface area contributed by atoms with E-state index in [0.717, 1.165) is 13.2 Å². The van der Waals surface area contributed by atoms with Gasteiger partial charge in [-0.1, -0.05) is 40.5 Å². The van der Waals surface area contributed by atoms with Gasteiger partial charge in [0.2, 0.25) is 0 Å². The lowest BCUT2D eigenvalue weighted by molar-refractivity contribution is -0.0375. The molecule has 0 aliphatic heterocycles. The quantitative estimate of drug-likeness (QED) is 0.703. The first kappa shape index (κ1) is 14.0. The maximum atomic E-state index is 6.06. The van der Waals surface area contributed by atoms with Crippen molar-refractivity contribution in [3.63, 3.8) is 0 Å². The van der Waals surface area contributed by atoms with Crippen LogP contribution in [0.15, 0.2) is 0 Å². The number of unbranched alkanes of at least 4 members (excludes halogenated alkanes) is 1. The van der Waals surface area contributed by atoms with Crippen LogP contribution in [-0.2, 0) is 4.74 Å². The highest BCUT2D eigenvalue weighted by molar-refractivity contribution is 4.94. The predicted molar refractivity (Wildman–Crippen MR) is 69.7 cm³/mol. The minimum Gasteiger partial charge on any atom is -0.377 e. The third-order valence-corrected chi connectivity index (χ3v) is 3.78. The predicted octanol–water partition coefficient (Wildman–Crippen LogP) is 3.36. The van der Waals surface area contributed by atoms with Crippen LogP contribution >= 0.6 is 0 Å². The van der Waals surface area contributed by atoms with Crippen LogP contribution in [0.2, 0.25) is 0 Å². The van der Waals surface area contributed by atoms with Crippen LogP contribution in [0.25, 0.3) is 0 Å². The molecule has 2 nitrogen and oxygen atoms in total. The first-order valence-electron chi connectivity index (χ1n) is 6.96. The highest BCUT2D eigenvalue weighted by atomic mass is 16.5. The molecule has 1 saturated carbocycles. The molecule has 2 heteroatoms. The maximum absolute atomic E-state index is 6.06. The molecule has 0 bridgehead atoms. The summed E-state index contributed by atoms with van der Waals surface area (Å²) in [5.41, 5.74) is 0.380. The summed E-state index contributed by atoms with van der Waals surface area (Å²) < 4.78 is 6.06. The second-order valence-electron chi connectivity index (χ2n) is 5.68. The normalized spacial score (nSPS) is 29.2. The molecule has 0 amide bonds. The largest absolute Gasteiger partial charge is 0.377 e. The Morgan fingerprint density at radius 2 is 2.06 bits per heavy atom.